The van der Waals surface area contributed by atoms with Crippen LogP contribution in [0.3, 0.4) is 0 Å². The van der Waals surface area contributed by atoms with E-state index in [1.165, 1.54) is 6.07 Å². The molecule has 0 fully saturated rings. The topological polar surface area (TPSA) is 81.3 Å². The molecule has 0 aliphatic heterocycles. The fraction of sp³-hybridized carbons (Fsp3) is 0.167. The molecule has 3 N–H and O–H groups in total. The van der Waals surface area contributed by atoms with Gasteiger partial charge < -0.3 is 15.6 Å². The van der Waals surface area contributed by atoms with Crippen molar-refractivity contribution in [3.63, 3.8) is 0 Å². The minimum Gasteiger partial charge on any atom is -0.506 e. The number of phenols is 1. The molecule has 5 nitrogen and oxygen atoms in total. The highest BCUT2D eigenvalue weighted by molar-refractivity contribution is 5.62. The number of ether oxygens (including phenoxy) is 1. The summed E-state index contributed by atoms with van der Waals surface area (Å²) in [5, 5.41) is 9.46. The fourth-order valence-corrected chi connectivity index (χ4v) is 1.34. The number of rotatable bonds is 2. The minimum atomic E-state index is -0.0132. The zero-order chi connectivity index (χ0) is 12.4. The van der Waals surface area contributed by atoms with E-state index >= 15 is 0 Å². The van der Waals surface area contributed by atoms with Crippen LogP contribution in [0.1, 0.15) is 11.4 Å². The lowest BCUT2D eigenvalue weighted by molar-refractivity contribution is 0.444. The predicted molar refractivity (Wildman–Crippen MR) is 64.1 cm³/mol. The highest BCUT2D eigenvalue weighted by Crippen LogP contribution is 2.33. The van der Waals surface area contributed by atoms with Crippen LogP contribution in [0.25, 0.3) is 0 Å². The number of para-hydroxylation sites is 1. The number of phenolic OH excluding ortho intramolecular Hbond substituents is 1. The molecule has 0 atom stereocenters. The van der Waals surface area contributed by atoms with Crippen molar-refractivity contribution in [1.82, 2.24) is 9.97 Å². The molecule has 0 aliphatic carbocycles. The number of hydrogen-bond donors (Lipinski definition) is 2. The molecule has 0 radical (unpaired) electrons. The van der Waals surface area contributed by atoms with Gasteiger partial charge in [0.05, 0.1) is 11.4 Å². The van der Waals surface area contributed by atoms with Crippen molar-refractivity contribution in [3.05, 3.63) is 35.8 Å². The van der Waals surface area contributed by atoms with Gasteiger partial charge in [-0.25, -0.2) is 4.98 Å². The number of aromatic nitrogens is 2. The average molecular weight is 231 g/mol. The SMILES string of the molecule is Cc1cnc(C)c(Oc2cccc(O)c2N)n1. The molecule has 0 saturated heterocycles. The Balaban J connectivity index is 2.38. The maximum atomic E-state index is 9.46. The van der Waals surface area contributed by atoms with E-state index in [0.717, 1.165) is 5.69 Å². The first-order valence-corrected chi connectivity index (χ1v) is 5.13. The van der Waals surface area contributed by atoms with Crippen molar-refractivity contribution >= 4 is 5.69 Å². The number of anilines is 1. The molecule has 2 rings (SSSR count). The normalized spacial score (nSPS) is 10.2. The van der Waals surface area contributed by atoms with Crippen molar-refractivity contribution in [3.8, 4) is 17.4 Å². The third-order valence-electron chi connectivity index (χ3n) is 2.28. The molecule has 5 heteroatoms. The molecule has 17 heavy (non-hydrogen) atoms. The first-order chi connectivity index (χ1) is 8.08. The number of hydrogen-bond acceptors (Lipinski definition) is 5. The van der Waals surface area contributed by atoms with E-state index in [1.807, 2.05) is 6.92 Å². The van der Waals surface area contributed by atoms with Gasteiger partial charge in [-0.1, -0.05) is 6.07 Å². The van der Waals surface area contributed by atoms with Crippen LogP contribution in [0.5, 0.6) is 17.4 Å². The Morgan fingerprint density at radius 2 is 2.06 bits per heavy atom. The first kappa shape index (κ1) is 11.2. The predicted octanol–water partition coefficient (Wildman–Crippen LogP) is 2.17. The van der Waals surface area contributed by atoms with Crippen LogP contribution in [-0.4, -0.2) is 15.1 Å². The first-order valence-electron chi connectivity index (χ1n) is 5.13. The lowest BCUT2D eigenvalue weighted by Crippen LogP contribution is -1.98. The number of aryl methyl sites for hydroxylation is 2. The summed E-state index contributed by atoms with van der Waals surface area (Å²) in [6.45, 7) is 3.62. The minimum absolute atomic E-state index is 0.0132. The molecule has 1 heterocycles. The number of nitrogens with two attached hydrogens (primary N) is 1. The summed E-state index contributed by atoms with van der Waals surface area (Å²) in [5.74, 6) is 0.746. The van der Waals surface area contributed by atoms with E-state index in [9.17, 15) is 5.11 Å². The number of nitrogens with zero attached hydrogens (tertiary/aromatic N) is 2. The summed E-state index contributed by atoms with van der Waals surface area (Å²) in [6, 6.07) is 4.81. The summed E-state index contributed by atoms with van der Waals surface area (Å²) in [7, 11) is 0. The van der Waals surface area contributed by atoms with E-state index < -0.39 is 0 Å². The second-order valence-electron chi connectivity index (χ2n) is 3.69. The van der Waals surface area contributed by atoms with Gasteiger partial charge in [0.15, 0.2) is 5.75 Å². The van der Waals surface area contributed by atoms with Crippen LogP contribution >= 0.6 is 0 Å². The Bertz CT molecular complexity index is 555. The largest absolute Gasteiger partial charge is 0.506 e. The van der Waals surface area contributed by atoms with E-state index in [4.69, 9.17) is 10.5 Å². The monoisotopic (exact) mass is 231 g/mol. The molecule has 2 aromatic rings. The zero-order valence-corrected chi connectivity index (χ0v) is 9.64. The van der Waals surface area contributed by atoms with Crippen molar-refractivity contribution in [2.45, 2.75) is 13.8 Å². The number of benzene rings is 1. The van der Waals surface area contributed by atoms with Crippen LogP contribution in [0.4, 0.5) is 5.69 Å². The van der Waals surface area contributed by atoms with Crippen LogP contribution in [0, 0.1) is 13.8 Å². The van der Waals surface area contributed by atoms with Crippen molar-refractivity contribution in [2.24, 2.45) is 0 Å². The number of aromatic hydroxyl groups is 1. The van der Waals surface area contributed by atoms with Crippen LogP contribution in [0.15, 0.2) is 24.4 Å². The van der Waals surface area contributed by atoms with Gasteiger partial charge in [0.1, 0.15) is 11.4 Å². The highest BCUT2D eigenvalue weighted by Gasteiger charge is 2.09. The van der Waals surface area contributed by atoms with E-state index in [-0.39, 0.29) is 11.4 Å². The summed E-state index contributed by atoms with van der Waals surface area (Å²) < 4.78 is 5.54. The third-order valence-corrected chi connectivity index (χ3v) is 2.28. The molecular weight excluding hydrogens is 218 g/mol. The van der Waals surface area contributed by atoms with Gasteiger partial charge in [-0.05, 0) is 26.0 Å². The summed E-state index contributed by atoms with van der Waals surface area (Å²) in [5.41, 5.74) is 7.30. The molecule has 0 bridgehead atoms. The van der Waals surface area contributed by atoms with Crippen LogP contribution in [0.2, 0.25) is 0 Å². The molecular formula is C12H13N3O2. The molecule has 0 spiro atoms. The second-order valence-corrected chi connectivity index (χ2v) is 3.69. The van der Waals surface area contributed by atoms with Gasteiger partial charge in [0, 0.05) is 6.20 Å². The highest BCUT2D eigenvalue weighted by atomic mass is 16.5. The Morgan fingerprint density at radius 1 is 1.29 bits per heavy atom. The molecule has 0 saturated carbocycles. The zero-order valence-electron chi connectivity index (χ0n) is 9.64. The quantitative estimate of drug-likeness (QED) is 0.611. The molecule has 1 aromatic carbocycles. The van der Waals surface area contributed by atoms with Crippen molar-refractivity contribution in [2.75, 3.05) is 5.73 Å². The Hall–Kier alpha value is -2.30. The Labute approximate surface area is 98.9 Å². The van der Waals surface area contributed by atoms with E-state index in [2.05, 4.69) is 9.97 Å². The van der Waals surface area contributed by atoms with Gasteiger partial charge in [-0.15, -0.1) is 0 Å². The number of nitrogen functional groups attached to an aromatic ring is 1. The Kier molecular flexibility index (Phi) is 2.82. The molecule has 1 aromatic heterocycles. The van der Waals surface area contributed by atoms with E-state index in [1.54, 1.807) is 25.3 Å². The van der Waals surface area contributed by atoms with Crippen molar-refractivity contribution in [1.29, 1.82) is 0 Å². The molecule has 0 unspecified atom stereocenters. The van der Waals surface area contributed by atoms with E-state index in [0.29, 0.717) is 17.3 Å². The molecule has 88 valence electrons. The molecule has 0 amide bonds. The van der Waals surface area contributed by atoms with Crippen molar-refractivity contribution < 1.29 is 9.84 Å². The maximum Gasteiger partial charge on any atom is 0.241 e. The van der Waals surface area contributed by atoms with Gasteiger partial charge in [-0.3, -0.25) is 4.98 Å². The maximum absolute atomic E-state index is 9.46. The molecule has 0 aliphatic rings. The summed E-state index contributed by atoms with van der Waals surface area (Å²) in [6.07, 6.45) is 1.66. The second kappa shape index (κ2) is 4.29. The lowest BCUT2D eigenvalue weighted by Gasteiger charge is -2.10. The summed E-state index contributed by atoms with van der Waals surface area (Å²) >= 11 is 0. The van der Waals surface area contributed by atoms with Gasteiger partial charge in [-0.2, -0.15) is 0 Å². The average Bonchev–Trinajstić information content (AvgIpc) is 2.30. The third kappa shape index (κ3) is 2.28. The standard InChI is InChI=1S/C12H13N3O2/c1-7-6-14-8(2)12(15-7)17-10-5-3-4-9(16)11(10)13/h3-6,16H,13H2,1-2H3. The van der Waals surface area contributed by atoms with Gasteiger partial charge in [0.2, 0.25) is 5.88 Å². The van der Waals surface area contributed by atoms with Gasteiger partial charge in [0.25, 0.3) is 0 Å². The van der Waals surface area contributed by atoms with Gasteiger partial charge >= 0.3 is 0 Å². The lowest BCUT2D eigenvalue weighted by atomic mass is 10.3. The smallest absolute Gasteiger partial charge is 0.241 e. The Morgan fingerprint density at radius 3 is 2.82 bits per heavy atom. The summed E-state index contributed by atoms with van der Waals surface area (Å²) in [4.78, 5) is 8.35. The van der Waals surface area contributed by atoms with Crippen LogP contribution < -0.4 is 10.5 Å². The fourth-order valence-electron chi connectivity index (χ4n) is 1.34. The van der Waals surface area contributed by atoms with Crippen LogP contribution in [-0.2, 0) is 0 Å².